The van der Waals surface area contributed by atoms with E-state index in [1.807, 2.05) is 31.1 Å². The van der Waals surface area contributed by atoms with E-state index in [1.54, 1.807) is 18.2 Å². The largest absolute Gasteiger partial charge is 0.416 e. The highest BCUT2D eigenvalue weighted by Crippen LogP contribution is 2.33. The number of morpholine rings is 1. The van der Waals surface area contributed by atoms with Crippen LogP contribution in [0.5, 0.6) is 0 Å². The van der Waals surface area contributed by atoms with Gasteiger partial charge in [-0.15, -0.1) is 0 Å². The van der Waals surface area contributed by atoms with Gasteiger partial charge in [-0.2, -0.15) is 13.2 Å². The van der Waals surface area contributed by atoms with Gasteiger partial charge in [-0.25, -0.2) is 4.98 Å². The average molecular weight is 500 g/mol. The molecule has 10 heteroatoms. The summed E-state index contributed by atoms with van der Waals surface area (Å²) in [6.45, 7) is 2.95. The highest BCUT2D eigenvalue weighted by Gasteiger charge is 2.31. The number of carbonyl (C=O) groups is 1. The Morgan fingerprint density at radius 2 is 1.86 bits per heavy atom. The van der Waals surface area contributed by atoms with Crippen molar-refractivity contribution in [2.45, 2.75) is 12.7 Å². The fourth-order valence-corrected chi connectivity index (χ4v) is 3.98. The number of benzene rings is 2. The molecule has 0 radical (unpaired) electrons. The van der Waals surface area contributed by atoms with Gasteiger partial charge in [-0.1, -0.05) is 12.1 Å². The summed E-state index contributed by atoms with van der Waals surface area (Å²) in [7, 11) is 3.82. The van der Waals surface area contributed by atoms with E-state index in [2.05, 4.69) is 10.2 Å². The number of ether oxygens (including phenoxy) is 1. The second-order valence-electron chi connectivity index (χ2n) is 8.67. The predicted molar refractivity (Wildman–Crippen MR) is 134 cm³/mol. The lowest BCUT2D eigenvalue weighted by atomic mass is 9.98. The van der Waals surface area contributed by atoms with Crippen molar-refractivity contribution in [3.05, 3.63) is 71.3 Å². The van der Waals surface area contributed by atoms with E-state index >= 15 is 0 Å². The topological polar surface area (TPSA) is 83.7 Å². The number of amides is 1. The summed E-state index contributed by atoms with van der Waals surface area (Å²) in [6.07, 6.45) is -4.53. The average Bonchev–Trinajstić information content (AvgIpc) is 2.88. The lowest BCUT2D eigenvalue weighted by Gasteiger charge is -2.29. The molecule has 3 N–H and O–H groups in total. The van der Waals surface area contributed by atoms with E-state index < -0.39 is 17.6 Å². The zero-order chi connectivity index (χ0) is 25.9. The number of rotatable bonds is 6. The van der Waals surface area contributed by atoms with Gasteiger partial charge in [-0.3, -0.25) is 4.79 Å². The Morgan fingerprint density at radius 1 is 1.11 bits per heavy atom. The number of nitrogens with zero attached hydrogens (tertiary/aromatic N) is 3. The third kappa shape index (κ3) is 5.77. The summed E-state index contributed by atoms with van der Waals surface area (Å²) in [6, 6.07) is 13.5. The van der Waals surface area contributed by atoms with Gasteiger partial charge in [0.1, 0.15) is 11.6 Å². The van der Waals surface area contributed by atoms with Gasteiger partial charge < -0.3 is 25.6 Å². The molecule has 1 aliphatic rings. The van der Waals surface area contributed by atoms with Crippen LogP contribution in [-0.2, 0) is 17.5 Å². The van der Waals surface area contributed by atoms with Gasteiger partial charge in [0.15, 0.2) is 0 Å². The minimum atomic E-state index is -4.53. The van der Waals surface area contributed by atoms with Gasteiger partial charge in [0, 0.05) is 45.0 Å². The third-order valence-electron chi connectivity index (χ3n) is 5.94. The van der Waals surface area contributed by atoms with Crippen LogP contribution in [0.25, 0.3) is 11.1 Å². The number of pyridine rings is 1. The first-order valence-electron chi connectivity index (χ1n) is 11.5. The number of alkyl halides is 3. The summed E-state index contributed by atoms with van der Waals surface area (Å²) >= 11 is 0. The van der Waals surface area contributed by atoms with Gasteiger partial charge in [0.25, 0.3) is 5.91 Å². The first kappa shape index (κ1) is 25.5. The lowest BCUT2D eigenvalue weighted by molar-refractivity contribution is -0.137. The molecule has 4 rings (SSSR count). The third-order valence-corrected chi connectivity index (χ3v) is 5.94. The molecule has 0 unspecified atom stereocenters. The number of carbonyl (C=O) groups excluding carboxylic acids is 1. The van der Waals surface area contributed by atoms with Crippen LogP contribution in [0.15, 0.2) is 54.6 Å². The van der Waals surface area contributed by atoms with Crippen LogP contribution in [-0.4, -0.2) is 51.3 Å². The Bertz CT molecular complexity index is 1240. The zero-order valence-corrected chi connectivity index (χ0v) is 20.1. The molecular formula is C26H28F3N5O2. The van der Waals surface area contributed by atoms with Crippen molar-refractivity contribution in [3.63, 3.8) is 0 Å². The van der Waals surface area contributed by atoms with Crippen molar-refractivity contribution in [2.75, 3.05) is 55.5 Å². The molecule has 3 aromatic rings. The van der Waals surface area contributed by atoms with E-state index in [0.717, 1.165) is 53.5 Å². The molecule has 1 amide bonds. The lowest BCUT2D eigenvalue weighted by Crippen LogP contribution is -2.37. The zero-order valence-electron chi connectivity index (χ0n) is 20.1. The maximum absolute atomic E-state index is 13.1. The molecule has 190 valence electrons. The number of hydrogen-bond donors (Lipinski definition) is 2. The number of anilines is 3. The van der Waals surface area contributed by atoms with Crippen LogP contribution < -0.4 is 20.9 Å². The highest BCUT2D eigenvalue weighted by atomic mass is 19.4. The summed E-state index contributed by atoms with van der Waals surface area (Å²) in [5.41, 5.74) is 8.04. The minimum absolute atomic E-state index is 0.0808. The fraction of sp³-hybridized carbons (Fsp3) is 0.308. The number of hydrogen-bond acceptors (Lipinski definition) is 6. The standard InChI is InChI=1S/C26H28F3N5O2/c1-33(2)23-13-19(14-24(32-23)34-8-10-36-11-9-34)22-15-21(7-6-18(22)16-30)31-25(35)17-4-3-5-20(12-17)26(27,28)29/h3-7,12-15H,8-11,16,30H2,1-2H3,(H,31,35). The summed E-state index contributed by atoms with van der Waals surface area (Å²) in [5.74, 6) is 0.932. The molecule has 1 fully saturated rings. The van der Waals surface area contributed by atoms with Crippen LogP contribution in [0, 0.1) is 0 Å². The molecule has 0 saturated carbocycles. The van der Waals surface area contributed by atoms with Crippen molar-refractivity contribution >= 4 is 23.2 Å². The normalized spacial score (nSPS) is 14.0. The van der Waals surface area contributed by atoms with Crippen molar-refractivity contribution in [1.82, 2.24) is 4.98 Å². The molecule has 1 aliphatic heterocycles. The molecule has 1 aromatic heterocycles. The molecule has 0 aliphatic carbocycles. The van der Waals surface area contributed by atoms with Gasteiger partial charge in [0.2, 0.25) is 0 Å². The molecule has 7 nitrogen and oxygen atoms in total. The first-order valence-corrected chi connectivity index (χ1v) is 11.5. The molecular weight excluding hydrogens is 471 g/mol. The molecule has 36 heavy (non-hydrogen) atoms. The van der Waals surface area contributed by atoms with E-state index in [0.29, 0.717) is 18.9 Å². The maximum atomic E-state index is 13.1. The number of halogens is 3. The Hall–Kier alpha value is -3.63. The van der Waals surface area contributed by atoms with E-state index in [1.165, 1.54) is 12.1 Å². The van der Waals surface area contributed by atoms with Crippen LogP contribution in [0.3, 0.4) is 0 Å². The van der Waals surface area contributed by atoms with E-state index in [9.17, 15) is 18.0 Å². The second-order valence-corrected chi connectivity index (χ2v) is 8.67. The van der Waals surface area contributed by atoms with Crippen LogP contribution in [0.2, 0.25) is 0 Å². The Balaban J connectivity index is 1.69. The van der Waals surface area contributed by atoms with Crippen molar-refractivity contribution in [2.24, 2.45) is 5.73 Å². The number of nitrogens with two attached hydrogens (primary N) is 1. The van der Waals surface area contributed by atoms with Crippen LogP contribution >= 0.6 is 0 Å². The monoisotopic (exact) mass is 499 g/mol. The molecule has 0 atom stereocenters. The van der Waals surface area contributed by atoms with Gasteiger partial charge >= 0.3 is 6.18 Å². The van der Waals surface area contributed by atoms with Crippen LogP contribution in [0.1, 0.15) is 21.5 Å². The Morgan fingerprint density at radius 3 is 2.53 bits per heavy atom. The summed E-state index contributed by atoms with van der Waals surface area (Å²) < 4.78 is 44.7. The molecule has 0 bridgehead atoms. The maximum Gasteiger partial charge on any atom is 0.416 e. The van der Waals surface area contributed by atoms with E-state index in [-0.39, 0.29) is 12.1 Å². The quantitative estimate of drug-likeness (QED) is 0.524. The molecule has 2 heterocycles. The number of aromatic nitrogens is 1. The van der Waals surface area contributed by atoms with Crippen LogP contribution in [0.4, 0.5) is 30.5 Å². The second kappa shape index (κ2) is 10.5. The van der Waals surface area contributed by atoms with Gasteiger partial charge in [0.05, 0.1) is 18.8 Å². The fourth-order valence-electron chi connectivity index (χ4n) is 3.98. The molecule has 0 spiro atoms. The predicted octanol–water partition coefficient (Wildman–Crippen LogP) is 4.38. The van der Waals surface area contributed by atoms with Crippen molar-refractivity contribution < 1.29 is 22.7 Å². The molecule has 2 aromatic carbocycles. The Kier molecular flexibility index (Phi) is 7.46. The Labute approximate surface area is 207 Å². The van der Waals surface area contributed by atoms with Crippen molar-refractivity contribution in [1.29, 1.82) is 0 Å². The first-order chi connectivity index (χ1) is 17.2. The van der Waals surface area contributed by atoms with Gasteiger partial charge in [-0.05, 0) is 59.2 Å². The highest BCUT2D eigenvalue weighted by molar-refractivity contribution is 6.04. The van der Waals surface area contributed by atoms with Crippen molar-refractivity contribution in [3.8, 4) is 11.1 Å². The SMILES string of the molecule is CN(C)c1cc(-c2cc(NC(=O)c3cccc(C(F)(F)F)c3)ccc2CN)cc(N2CCOCC2)n1. The molecule has 1 saturated heterocycles. The van der Waals surface area contributed by atoms with E-state index in [4.69, 9.17) is 15.5 Å². The summed E-state index contributed by atoms with van der Waals surface area (Å²) in [5, 5.41) is 2.71. The minimum Gasteiger partial charge on any atom is -0.378 e. The summed E-state index contributed by atoms with van der Waals surface area (Å²) in [4.78, 5) is 21.6. The smallest absolute Gasteiger partial charge is 0.378 e. The number of nitrogens with one attached hydrogen (secondary N) is 1.